The molecule has 1 saturated carbocycles. The molecule has 112 valence electrons. The van der Waals surface area contributed by atoms with Crippen LogP contribution in [0.2, 0.25) is 0 Å². The summed E-state index contributed by atoms with van der Waals surface area (Å²) in [6, 6.07) is -0.0350. The number of nitrogens with zero attached hydrogens (tertiary/aromatic N) is 1. The lowest BCUT2D eigenvalue weighted by atomic mass is 10.0. The number of nitrogens with two attached hydrogens (primary N) is 1. The summed E-state index contributed by atoms with van der Waals surface area (Å²) in [5.74, 6) is 1.19. The molecule has 0 unspecified atom stereocenters. The summed E-state index contributed by atoms with van der Waals surface area (Å²) in [6.45, 7) is 7.49. The van der Waals surface area contributed by atoms with Crippen LogP contribution in [0.15, 0.2) is 0 Å². The predicted molar refractivity (Wildman–Crippen MR) is 80.4 cm³/mol. The topological polar surface area (TPSA) is 58.4 Å². The van der Waals surface area contributed by atoms with Crippen molar-refractivity contribution in [2.45, 2.75) is 51.6 Å². The van der Waals surface area contributed by atoms with Gasteiger partial charge in [-0.3, -0.25) is 4.79 Å². The number of nitrogens with one attached hydrogen (secondary N) is 1. The van der Waals surface area contributed by atoms with Gasteiger partial charge in [0.2, 0.25) is 5.91 Å². The van der Waals surface area contributed by atoms with E-state index >= 15 is 0 Å². The van der Waals surface area contributed by atoms with Gasteiger partial charge < -0.3 is 16.0 Å². The molecule has 19 heavy (non-hydrogen) atoms. The molecular formula is C14H28ClN3O. The maximum Gasteiger partial charge on any atom is 0.237 e. The highest BCUT2D eigenvalue weighted by molar-refractivity contribution is 5.85. The van der Waals surface area contributed by atoms with Gasteiger partial charge in [-0.05, 0) is 37.5 Å². The van der Waals surface area contributed by atoms with Crippen molar-refractivity contribution in [1.29, 1.82) is 0 Å². The zero-order valence-corrected chi connectivity index (χ0v) is 12.9. The Labute approximate surface area is 122 Å². The molecule has 5 heteroatoms. The molecule has 0 aromatic heterocycles. The normalized spacial score (nSPS) is 22.9. The molecule has 0 spiro atoms. The van der Waals surface area contributed by atoms with Gasteiger partial charge in [0.1, 0.15) is 0 Å². The lowest BCUT2D eigenvalue weighted by Gasteiger charge is -2.33. The Morgan fingerprint density at radius 1 is 1.26 bits per heavy atom. The molecule has 4 nitrogen and oxygen atoms in total. The number of likely N-dealkylation sites (tertiary alicyclic amines) is 1. The van der Waals surface area contributed by atoms with E-state index in [1.54, 1.807) is 0 Å². The molecule has 0 aromatic carbocycles. The van der Waals surface area contributed by atoms with Crippen molar-refractivity contribution in [1.82, 2.24) is 10.2 Å². The maximum absolute atomic E-state index is 11.9. The summed E-state index contributed by atoms with van der Waals surface area (Å²) < 4.78 is 0. The van der Waals surface area contributed by atoms with Gasteiger partial charge in [0, 0.05) is 25.7 Å². The number of carbonyl (C=O) groups excluding carboxylic acids is 1. The molecule has 1 saturated heterocycles. The van der Waals surface area contributed by atoms with E-state index in [4.69, 9.17) is 5.73 Å². The molecule has 2 aliphatic rings. The molecule has 1 heterocycles. The van der Waals surface area contributed by atoms with E-state index in [9.17, 15) is 4.79 Å². The van der Waals surface area contributed by atoms with Crippen LogP contribution in [-0.4, -0.2) is 42.5 Å². The summed E-state index contributed by atoms with van der Waals surface area (Å²) in [6.07, 6.45) is 4.98. The van der Waals surface area contributed by atoms with Crippen molar-refractivity contribution in [3.05, 3.63) is 0 Å². The van der Waals surface area contributed by atoms with Gasteiger partial charge in [0.05, 0.1) is 6.04 Å². The van der Waals surface area contributed by atoms with Gasteiger partial charge in [-0.25, -0.2) is 0 Å². The summed E-state index contributed by atoms with van der Waals surface area (Å²) in [5.41, 5.74) is 5.86. The summed E-state index contributed by atoms with van der Waals surface area (Å²) >= 11 is 0. The Kier molecular flexibility index (Phi) is 6.57. The number of hydrogen-bond acceptors (Lipinski definition) is 3. The highest BCUT2D eigenvalue weighted by Crippen LogP contribution is 2.30. The predicted octanol–water partition coefficient (Wildman–Crippen LogP) is 1.38. The van der Waals surface area contributed by atoms with Gasteiger partial charge in [-0.15, -0.1) is 12.4 Å². The summed E-state index contributed by atoms with van der Waals surface area (Å²) in [5, 5.41) is 3.10. The Hall–Kier alpha value is -0.320. The largest absolute Gasteiger partial charge is 0.352 e. The molecule has 1 aliphatic carbocycles. The van der Waals surface area contributed by atoms with E-state index in [0.29, 0.717) is 6.04 Å². The minimum Gasteiger partial charge on any atom is -0.352 e. The quantitative estimate of drug-likeness (QED) is 0.804. The van der Waals surface area contributed by atoms with Crippen LogP contribution in [0, 0.1) is 11.8 Å². The second kappa shape index (κ2) is 7.46. The fourth-order valence-corrected chi connectivity index (χ4v) is 2.53. The summed E-state index contributed by atoms with van der Waals surface area (Å²) in [4.78, 5) is 14.4. The Morgan fingerprint density at radius 2 is 1.84 bits per heavy atom. The van der Waals surface area contributed by atoms with Crippen LogP contribution < -0.4 is 11.1 Å². The maximum atomic E-state index is 11.9. The molecule has 1 amide bonds. The SMILES string of the molecule is CC(C)[C@H](N)C(=O)NC1CCN(CC2CC2)CC1.Cl. The van der Waals surface area contributed by atoms with Crippen molar-refractivity contribution >= 4 is 18.3 Å². The molecule has 0 bridgehead atoms. The summed E-state index contributed by atoms with van der Waals surface area (Å²) in [7, 11) is 0. The van der Waals surface area contributed by atoms with Crippen molar-refractivity contribution < 1.29 is 4.79 Å². The van der Waals surface area contributed by atoms with Crippen molar-refractivity contribution in [3.63, 3.8) is 0 Å². The van der Waals surface area contributed by atoms with Gasteiger partial charge in [0.15, 0.2) is 0 Å². The number of carbonyl (C=O) groups is 1. The molecule has 3 N–H and O–H groups in total. The highest BCUT2D eigenvalue weighted by atomic mass is 35.5. The third kappa shape index (κ3) is 5.28. The molecule has 2 fully saturated rings. The van der Waals surface area contributed by atoms with Crippen LogP contribution in [0.5, 0.6) is 0 Å². The first-order valence-corrected chi connectivity index (χ1v) is 7.34. The molecular weight excluding hydrogens is 262 g/mol. The van der Waals surface area contributed by atoms with Crippen molar-refractivity contribution in [3.8, 4) is 0 Å². The van der Waals surface area contributed by atoms with E-state index in [-0.39, 0.29) is 30.3 Å². The van der Waals surface area contributed by atoms with Crippen LogP contribution in [0.3, 0.4) is 0 Å². The van der Waals surface area contributed by atoms with Crippen LogP contribution in [-0.2, 0) is 4.79 Å². The number of piperidine rings is 1. The minimum atomic E-state index is -0.366. The fourth-order valence-electron chi connectivity index (χ4n) is 2.53. The Bertz CT molecular complexity index is 286. The molecule has 1 atom stereocenters. The minimum absolute atomic E-state index is 0. The molecule has 0 radical (unpaired) electrons. The second-order valence-electron chi connectivity index (χ2n) is 6.30. The lowest BCUT2D eigenvalue weighted by molar-refractivity contribution is -0.124. The number of halogens is 1. The zero-order valence-electron chi connectivity index (χ0n) is 12.1. The van der Waals surface area contributed by atoms with Gasteiger partial charge in [-0.2, -0.15) is 0 Å². The monoisotopic (exact) mass is 289 g/mol. The van der Waals surface area contributed by atoms with Crippen LogP contribution in [0.25, 0.3) is 0 Å². The first-order valence-electron chi connectivity index (χ1n) is 7.34. The van der Waals surface area contributed by atoms with E-state index in [0.717, 1.165) is 31.8 Å². The first kappa shape index (κ1) is 16.7. The number of amides is 1. The fraction of sp³-hybridized carbons (Fsp3) is 0.929. The van der Waals surface area contributed by atoms with Crippen LogP contribution in [0.1, 0.15) is 39.5 Å². The first-order chi connectivity index (χ1) is 8.56. The lowest BCUT2D eigenvalue weighted by Crippen LogP contribution is -2.51. The second-order valence-corrected chi connectivity index (χ2v) is 6.30. The third-order valence-corrected chi connectivity index (χ3v) is 4.17. The van der Waals surface area contributed by atoms with E-state index in [1.165, 1.54) is 19.4 Å². The smallest absolute Gasteiger partial charge is 0.237 e. The average Bonchev–Trinajstić information content (AvgIpc) is 3.14. The van der Waals surface area contributed by atoms with Crippen LogP contribution in [0.4, 0.5) is 0 Å². The molecule has 2 rings (SSSR count). The Morgan fingerprint density at radius 3 is 2.32 bits per heavy atom. The van der Waals surface area contributed by atoms with E-state index in [2.05, 4.69) is 10.2 Å². The average molecular weight is 290 g/mol. The molecule has 0 aromatic rings. The van der Waals surface area contributed by atoms with E-state index in [1.807, 2.05) is 13.8 Å². The zero-order chi connectivity index (χ0) is 13.1. The van der Waals surface area contributed by atoms with E-state index < -0.39 is 0 Å². The van der Waals surface area contributed by atoms with Crippen LogP contribution >= 0.6 is 12.4 Å². The van der Waals surface area contributed by atoms with Gasteiger partial charge >= 0.3 is 0 Å². The number of rotatable bonds is 5. The Balaban J connectivity index is 0.00000180. The third-order valence-electron chi connectivity index (χ3n) is 4.17. The molecule has 1 aliphatic heterocycles. The number of hydrogen-bond donors (Lipinski definition) is 2. The van der Waals surface area contributed by atoms with Crippen molar-refractivity contribution in [2.24, 2.45) is 17.6 Å². The van der Waals surface area contributed by atoms with Gasteiger partial charge in [0.25, 0.3) is 0 Å². The van der Waals surface area contributed by atoms with Crippen molar-refractivity contribution in [2.75, 3.05) is 19.6 Å². The highest BCUT2D eigenvalue weighted by Gasteiger charge is 2.28. The van der Waals surface area contributed by atoms with Gasteiger partial charge in [-0.1, -0.05) is 13.8 Å². The standard InChI is InChI=1S/C14H27N3O.ClH/c1-10(2)13(15)14(18)16-12-5-7-17(8-6-12)9-11-3-4-11;/h10-13H,3-9,15H2,1-2H3,(H,16,18);1H/t13-;/m0./s1.